The van der Waals surface area contributed by atoms with Crippen LogP contribution in [0.2, 0.25) is 0 Å². The van der Waals surface area contributed by atoms with E-state index in [-0.39, 0.29) is 23.9 Å². The Hall–Kier alpha value is -0.200. The topological polar surface area (TPSA) is 26.3 Å². The van der Waals surface area contributed by atoms with Crippen molar-refractivity contribution in [3.63, 3.8) is 0 Å². The third-order valence-electron chi connectivity index (χ3n) is 1.84. The Labute approximate surface area is 117 Å². The molecule has 0 bridgehead atoms. The normalized spacial score (nSPS) is 12.2. The fourth-order valence-corrected chi connectivity index (χ4v) is 3.22. The van der Waals surface area contributed by atoms with Gasteiger partial charge in [0.25, 0.3) is 0 Å². The van der Waals surface area contributed by atoms with E-state index in [4.69, 9.17) is 4.74 Å². The molecule has 0 aliphatic rings. The number of halogens is 2. The maximum absolute atomic E-state index is 12.3. The molecule has 1 aromatic carbocycles. The quantitative estimate of drug-likeness (QED) is 0.576. The lowest BCUT2D eigenvalue weighted by molar-refractivity contribution is -0.141. The molecule has 0 aliphatic carbocycles. The number of benzene rings is 1. The Kier molecular flexibility index (Phi) is 6.99. The van der Waals surface area contributed by atoms with Gasteiger partial charge in [-0.25, -0.2) is 0 Å². The number of esters is 1. The van der Waals surface area contributed by atoms with Gasteiger partial charge >= 0.3 is 5.97 Å². The lowest BCUT2D eigenvalue weighted by atomic mass is 10.4. The van der Waals surface area contributed by atoms with Crippen LogP contribution in [0.1, 0.15) is 6.92 Å². The molecule has 0 saturated carbocycles. The van der Waals surface area contributed by atoms with Gasteiger partial charge in [-0.3, -0.25) is 4.79 Å². The molecule has 2 nitrogen and oxygen atoms in total. The maximum Gasteiger partial charge on any atom is 0.320 e. The van der Waals surface area contributed by atoms with Crippen LogP contribution in [0.25, 0.3) is 0 Å². The van der Waals surface area contributed by atoms with E-state index >= 15 is 0 Å². The van der Waals surface area contributed by atoms with Gasteiger partial charge in [-0.1, -0.05) is 22.0 Å². The summed E-state index contributed by atoms with van der Waals surface area (Å²) in [5.74, 6) is -0.279. The largest absolute Gasteiger partial charge is 0.465 e. The first kappa shape index (κ1) is 14.9. The van der Waals surface area contributed by atoms with Crippen molar-refractivity contribution in [2.45, 2.75) is 17.1 Å². The molecule has 0 fully saturated rings. The van der Waals surface area contributed by atoms with Crippen LogP contribution in [-0.2, 0) is 9.53 Å². The van der Waals surface area contributed by atoms with Crippen LogP contribution < -0.4 is 0 Å². The van der Waals surface area contributed by atoms with E-state index in [1.807, 2.05) is 24.3 Å². The summed E-state index contributed by atoms with van der Waals surface area (Å²) in [6.45, 7) is 2.05. The van der Waals surface area contributed by atoms with Gasteiger partial charge in [-0.2, -0.15) is 3.89 Å². The number of hydrogen-bond acceptors (Lipinski definition) is 4. The second-order valence-corrected chi connectivity index (χ2v) is 5.84. The zero-order valence-electron chi connectivity index (χ0n) is 9.19. The molecule has 0 spiro atoms. The molecule has 0 aliphatic heterocycles. The molecular weight excluding hydrogens is 327 g/mol. The highest BCUT2D eigenvalue weighted by Gasteiger charge is 2.21. The summed E-state index contributed by atoms with van der Waals surface area (Å²) in [4.78, 5) is 12.5. The summed E-state index contributed by atoms with van der Waals surface area (Å²) >= 11 is 4.81. The predicted molar refractivity (Wildman–Crippen MR) is 74.0 cm³/mol. The highest BCUT2D eigenvalue weighted by molar-refractivity contribution is 9.10. The molecule has 0 amide bonds. The minimum atomic E-state index is -0.515. The van der Waals surface area contributed by atoms with E-state index in [0.29, 0.717) is 6.61 Å². The van der Waals surface area contributed by atoms with Crippen LogP contribution in [0, 0.1) is 0 Å². The third-order valence-corrected chi connectivity index (χ3v) is 4.17. The van der Waals surface area contributed by atoms with Crippen LogP contribution >= 0.6 is 39.8 Å². The number of hydrogen-bond donors (Lipinski definition) is 0. The maximum atomic E-state index is 12.3. The van der Waals surface area contributed by atoms with Gasteiger partial charge in [0.1, 0.15) is 5.25 Å². The van der Waals surface area contributed by atoms with E-state index < -0.39 is 5.25 Å². The number of thioether (sulfide) groups is 1. The molecule has 6 heteroatoms. The third kappa shape index (κ3) is 5.31. The standard InChI is InChI=1S/C11H12BrFO2S2/c1-2-15-11(14)10(7-16-13)17-9-5-3-4-8(12)6-9/h3-6,10H,2,7H2,1H3. The average molecular weight is 339 g/mol. The zero-order valence-corrected chi connectivity index (χ0v) is 12.4. The van der Waals surface area contributed by atoms with Gasteiger partial charge in [-0.05, 0) is 25.1 Å². The average Bonchev–Trinajstić information content (AvgIpc) is 2.29. The molecule has 0 heterocycles. The van der Waals surface area contributed by atoms with Crippen molar-refractivity contribution >= 4 is 45.8 Å². The SMILES string of the molecule is CCOC(=O)C(CSF)Sc1cccc(Br)c1. The van der Waals surface area contributed by atoms with Crippen LogP contribution in [0.15, 0.2) is 33.6 Å². The van der Waals surface area contributed by atoms with Crippen molar-refractivity contribution in [3.8, 4) is 0 Å². The smallest absolute Gasteiger partial charge is 0.320 e. The van der Waals surface area contributed by atoms with E-state index in [1.165, 1.54) is 11.8 Å². The van der Waals surface area contributed by atoms with E-state index in [1.54, 1.807) is 6.92 Å². The van der Waals surface area contributed by atoms with Gasteiger partial charge in [0.05, 0.1) is 6.61 Å². The molecule has 0 aromatic heterocycles. The van der Waals surface area contributed by atoms with Crippen molar-refractivity contribution < 1.29 is 13.4 Å². The van der Waals surface area contributed by atoms with Crippen LogP contribution in [0.4, 0.5) is 3.89 Å². The fraction of sp³-hybridized carbons (Fsp3) is 0.364. The van der Waals surface area contributed by atoms with Crippen molar-refractivity contribution in [2.24, 2.45) is 0 Å². The highest BCUT2D eigenvalue weighted by atomic mass is 79.9. The molecule has 1 aromatic rings. The van der Waals surface area contributed by atoms with E-state index in [0.717, 1.165) is 9.37 Å². The van der Waals surface area contributed by atoms with Crippen molar-refractivity contribution in [3.05, 3.63) is 28.7 Å². The first-order valence-corrected chi connectivity index (χ1v) is 7.55. The number of ether oxygens (including phenoxy) is 1. The summed E-state index contributed by atoms with van der Waals surface area (Å²) in [7, 11) is 0. The van der Waals surface area contributed by atoms with Crippen molar-refractivity contribution in [1.29, 1.82) is 0 Å². The molecule has 0 radical (unpaired) electrons. The number of carbonyl (C=O) groups excluding carboxylic acids is 1. The number of carbonyl (C=O) groups is 1. The second-order valence-electron chi connectivity index (χ2n) is 3.09. The molecular formula is C11H12BrFO2S2. The predicted octanol–water partition coefficient (Wildman–Crippen LogP) is 4.09. The lowest BCUT2D eigenvalue weighted by Gasteiger charge is -2.13. The summed E-state index contributed by atoms with van der Waals surface area (Å²) in [6.07, 6.45) is 0. The monoisotopic (exact) mass is 338 g/mol. The Morgan fingerprint density at radius 3 is 2.94 bits per heavy atom. The van der Waals surface area contributed by atoms with Gasteiger partial charge in [0.15, 0.2) is 0 Å². The lowest BCUT2D eigenvalue weighted by Crippen LogP contribution is -2.22. The Morgan fingerprint density at radius 1 is 1.59 bits per heavy atom. The summed E-state index contributed by atoms with van der Waals surface area (Å²) in [5.41, 5.74) is 0. The van der Waals surface area contributed by atoms with Crippen LogP contribution in [0.5, 0.6) is 0 Å². The first-order chi connectivity index (χ1) is 8.17. The van der Waals surface area contributed by atoms with Crippen LogP contribution in [-0.4, -0.2) is 23.6 Å². The van der Waals surface area contributed by atoms with Crippen LogP contribution in [0.3, 0.4) is 0 Å². The Bertz CT molecular complexity index is 376. The summed E-state index contributed by atoms with van der Waals surface area (Å²) in [6, 6.07) is 7.54. The zero-order chi connectivity index (χ0) is 12.7. The van der Waals surface area contributed by atoms with Gasteiger partial charge in [-0.15, -0.1) is 11.8 Å². The van der Waals surface area contributed by atoms with Crippen molar-refractivity contribution in [1.82, 2.24) is 0 Å². The fourth-order valence-electron chi connectivity index (χ4n) is 1.15. The molecule has 17 heavy (non-hydrogen) atoms. The summed E-state index contributed by atoms with van der Waals surface area (Å²) < 4.78 is 18.1. The minimum absolute atomic E-state index is 0.0933. The summed E-state index contributed by atoms with van der Waals surface area (Å²) in [5, 5.41) is -0.515. The molecule has 1 unspecified atom stereocenters. The highest BCUT2D eigenvalue weighted by Crippen LogP contribution is 2.28. The van der Waals surface area contributed by atoms with Crippen molar-refractivity contribution in [2.75, 3.05) is 12.4 Å². The molecule has 0 saturated heterocycles. The van der Waals surface area contributed by atoms with E-state index in [2.05, 4.69) is 15.9 Å². The molecule has 0 N–H and O–H groups in total. The minimum Gasteiger partial charge on any atom is -0.465 e. The number of rotatable bonds is 6. The molecule has 1 atom stereocenters. The van der Waals surface area contributed by atoms with Gasteiger partial charge in [0.2, 0.25) is 0 Å². The Balaban J connectivity index is 2.69. The van der Waals surface area contributed by atoms with E-state index in [9.17, 15) is 8.68 Å². The first-order valence-electron chi connectivity index (χ1n) is 4.99. The molecule has 94 valence electrons. The van der Waals surface area contributed by atoms with Gasteiger partial charge in [0, 0.05) is 27.3 Å². The molecule has 1 rings (SSSR count). The Morgan fingerprint density at radius 2 is 2.35 bits per heavy atom. The second kappa shape index (κ2) is 8.00. The van der Waals surface area contributed by atoms with Gasteiger partial charge < -0.3 is 4.74 Å².